The SMILES string of the molecule is CC(=O)N1CCN(c2ccc(CC(=O)Cc3cnc(-c4ccnc(C)c4)nc3)nc2)CC1. The molecule has 8 nitrogen and oxygen atoms in total. The van der Waals surface area contributed by atoms with Gasteiger partial charge in [0.15, 0.2) is 5.82 Å². The standard InChI is InChI=1S/C24H26N6O2/c1-17-11-20(5-6-25-17)24-27-14-19(15-28-24)12-23(32)13-21-3-4-22(16-26-21)30-9-7-29(8-10-30)18(2)31/h3-6,11,14-16H,7-10,12-13H2,1-2H3. The third-order valence-corrected chi connectivity index (χ3v) is 5.54. The number of carbonyl (C=O) groups is 2. The van der Waals surface area contributed by atoms with Crippen LogP contribution in [0.25, 0.3) is 11.4 Å². The first-order valence-electron chi connectivity index (χ1n) is 10.7. The van der Waals surface area contributed by atoms with E-state index in [0.29, 0.717) is 5.82 Å². The minimum absolute atomic E-state index is 0.0661. The van der Waals surface area contributed by atoms with Crippen LogP contribution in [0.3, 0.4) is 0 Å². The maximum atomic E-state index is 12.5. The Bertz CT molecular complexity index is 1090. The van der Waals surface area contributed by atoms with Crippen LogP contribution < -0.4 is 4.90 Å². The Morgan fingerprint density at radius 1 is 0.906 bits per heavy atom. The largest absolute Gasteiger partial charge is 0.367 e. The molecule has 3 aromatic heterocycles. The van der Waals surface area contributed by atoms with Crippen LogP contribution in [0.15, 0.2) is 49.1 Å². The number of aromatic nitrogens is 4. The molecule has 0 bridgehead atoms. The molecule has 0 N–H and O–H groups in total. The maximum Gasteiger partial charge on any atom is 0.219 e. The molecule has 1 aliphatic heterocycles. The lowest BCUT2D eigenvalue weighted by molar-refractivity contribution is -0.129. The van der Waals surface area contributed by atoms with Crippen LogP contribution in [0.4, 0.5) is 5.69 Å². The molecule has 164 valence electrons. The van der Waals surface area contributed by atoms with Crippen molar-refractivity contribution in [1.29, 1.82) is 0 Å². The van der Waals surface area contributed by atoms with E-state index in [1.165, 1.54) is 0 Å². The number of pyridine rings is 2. The fourth-order valence-electron chi connectivity index (χ4n) is 3.76. The Morgan fingerprint density at radius 2 is 1.66 bits per heavy atom. The molecule has 1 fully saturated rings. The number of aryl methyl sites for hydroxylation is 1. The molecular formula is C24H26N6O2. The van der Waals surface area contributed by atoms with Gasteiger partial charge in [-0.1, -0.05) is 0 Å². The first-order chi connectivity index (χ1) is 15.5. The highest BCUT2D eigenvalue weighted by molar-refractivity contribution is 5.82. The number of rotatable bonds is 6. The van der Waals surface area contributed by atoms with Crippen LogP contribution in [-0.2, 0) is 22.4 Å². The average Bonchev–Trinajstić information content (AvgIpc) is 2.80. The number of amides is 1. The minimum Gasteiger partial charge on any atom is -0.367 e. The topological polar surface area (TPSA) is 92.2 Å². The first-order valence-corrected chi connectivity index (χ1v) is 10.7. The van der Waals surface area contributed by atoms with Gasteiger partial charge in [-0.05, 0) is 36.8 Å². The van der Waals surface area contributed by atoms with E-state index in [-0.39, 0.29) is 24.5 Å². The second-order valence-corrected chi connectivity index (χ2v) is 7.99. The molecule has 0 spiro atoms. The number of Topliss-reactive ketones (excluding diaryl/α,β-unsaturated/α-hetero) is 1. The third kappa shape index (κ3) is 5.32. The van der Waals surface area contributed by atoms with Gasteiger partial charge in [0.1, 0.15) is 5.78 Å². The predicted molar refractivity (Wildman–Crippen MR) is 121 cm³/mol. The van der Waals surface area contributed by atoms with Crippen molar-refractivity contribution >= 4 is 17.4 Å². The van der Waals surface area contributed by atoms with Gasteiger partial charge in [0, 0.05) is 81.5 Å². The van der Waals surface area contributed by atoms with Crippen molar-refractivity contribution in [2.75, 3.05) is 31.1 Å². The Hall–Kier alpha value is -3.68. The molecule has 1 amide bonds. The number of hydrogen-bond donors (Lipinski definition) is 0. The van der Waals surface area contributed by atoms with E-state index >= 15 is 0 Å². The summed E-state index contributed by atoms with van der Waals surface area (Å²) in [6, 6.07) is 7.69. The van der Waals surface area contributed by atoms with Gasteiger partial charge in [-0.15, -0.1) is 0 Å². The lowest BCUT2D eigenvalue weighted by atomic mass is 10.1. The molecule has 0 saturated carbocycles. The van der Waals surface area contributed by atoms with E-state index in [2.05, 4.69) is 24.8 Å². The highest BCUT2D eigenvalue weighted by Gasteiger charge is 2.19. The van der Waals surface area contributed by atoms with E-state index in [1.54, 1.807) is 31.7 Å². The van der Waals surface area contributed by atoms with E-state index in [1.807, 2.05) is 36.1 Å². The fourth-order valence-corrected chi connectivity index (χ4v) is 3.76. The van der Waals surface area contributed by atoms with Crippen molar-refractivity contribution in [2.45, 2.75) is 26.7 Å². The van der Waals surface area contributed by atoms with Crippen LogP contribution in [0.2, 0.25) is 0 Å². The summed E-state index contributed by atoms with van der Waals surface area (Å²) < 4.78 is 0. The zero-order chi connectivity index (χ0) is 22.5. The molecule has 4 rings (SSSR count). The van der Waals surface area contributed by atoms with Gasteiger partial charge in [0.05, 0.1) is 11.9 Å². The third-order valence-electron chi connectivity index (χ3n) is 5.54. The summed E-state index contributed by atoms with van der Waals surface area (Å²) >= 11 is 0. The lowest BCUT2D eigenvalue weighted by Crippen LogP contribution is -2.48. The highest BCUT2D eigenvalue weighted by atomic mass is 16.2. The number of anilines is 1. The predicted octanol–water partition coefficient (Wildman–Crippen LogP) is 2.26. The van der Waals surface area contributed by atoms with Crippen molar-refractivity contribution in [2.24, 2.45) is 0 Å². The van der Waals surface area contributed by atoms with Gasteiger partial charge in [-0.3, -0.25) is 19.6 Å². The Kier molecular flexibility index (Phi) is 6.49. The van der Waals surface area contributed by atoms with E-state index in [9.17, 15) is 9.59 Å². The molecule has 4 heterocycles. The van der Waals surface area contributed by atoms with Crippen LogP contribution >= 0.6 is 0 Å². The zero-order valence-electron chi connectivity index (χ0n) is 18.4. The number of nitrogens with zero attached hydrogens (tertiary/aromatic N) is 6. The second-order valence-electron chi connectivity index (χ2n) is 7.99. The molecule has 8 heteroatoms. The van der Waals surface area contributed by atoms with Gasteiger partial charge in [0.2, 0.25) is 5.91 Å². The van der Waals surface area contributed by atoms with Gasteiger partial charge < -0.3 is 9.80 Å². The molecule has 32 heavy (non-hydrogen) atoms. The molecule has 1 aliphatic rings. The zero-order valence-corrected chi connectivity index (χ0v) is 18.4. The first kappa shape index (κ1) is 21.5. The summed E-state index contributed by atoms with van der Waals surface area (Å²) in [6.45, 7) is 6.54. The lowest BCUT2D eigenvalue weighted by Gasteiger charge is -2.35. The van der Waals surface area contributed by atoms with Crippen LogP contribution in [0, 0.1) is 6.92 Å². The highest BCUT2D eigenvalue weighted by Crippen LogP contribution is 2.17. The summed E-state index contributed by atoms with van der Waals surface area (Å²) in [7, 11) is 0. The van der Waals surface area contributed by atoms with Crippen molar-refractivity contribution < 1.29 is 9.59 Å². The second kappa shape index (κ2) is 9.64. The monoisotopic (exact) mass is 430 g/mol. The molecular weight excluding hydrogens is 404 g/mol. The Labute approximate surface area is 187 Å². The summed E-state index contributed by atoms with van der Waals surface area (Å²) in [5, 5.41) is 0. The molecule has 0 unspecified atom stereocenters. The van der Waals surface area contributed by atoms with Crippen LogP contribution in [-0.4, -0.2) is 62.7 Å². The molecule has 0 aliphatic carbocycles. The maximum absolute atomic E-state index is 12.5. The van der Waals surface area contributed by atoms with Gasteiger partial charge in [0.25, 0.3) is 0 Å². The van der Waals surface area contributed by atoms with E-state index in [4.69, 9.17) is 0 Å². The molecule has 0 radical (unpaired) electrons. The van der Waals surface area contributed by atoms with Gasteiger partial charge in [-0.25, -0.2) is 9.97 Å². The smallest absolute Gasteiger partial charge is 0.219 e. The molecule has 0 aromatic carbocycles. The summed E-state index contributed by atoms with van der Waals surface area (Å²) in [5.74, 6) is 0.800. The number of carbonyl (C=O) groups excluding carboxylic acids is 2. The molecule has 3 aromatic rings. The Morgan fingerprint density at radius 3 is 2.28 bits per heavy atom. The number of ketones is 1. The number of piperazine rings is 1. The Balaban J connectivity index is 1.31. The minimum atomic E-state index is 0.0661. The van der Waals surface area contributed by atoms with Crippen molar-refractivity contribution in [3.05, 3.63) is 66.0 Å². The molecule has 0 atom stereocenters. The van der Waals surface area contributed by atoms with Crippen LogP contribution in [0.1, 0.15) is 23.9 Å². The van der Waals surface area contributed by atoms with Crippen molar-refractivity contribution in [3.8, 4) is 11.4 Å². The fraction of sp³-hybridized carbons (Fsp3) is 0.333. The quantitative estimate of drug-likeness (QED) is 0.592. The van der Waals surface area contributed by atoms with Crippen molar-refractivity contribution in [1.82, 2.24) is 24.8 Å². The average molecular weight is 431 g/mol. The van der Waals surface area contributed by atoms with Crippen molar-refractivity contribution in [3.63, 3.8) is 0 Å². The van der Waals surface area contributed by atoms with Crippen LogP contribution in [0.5, 0.6) is 0 Å². The van der Waals surface area contributed by atoms with Gasteiger partial charge >= 0.3 is 0 Å². The summed E-state index contributed by atoms with van der Waals surface area (Å²) in [4.78, 5) is 45.5. The van der Waals surface area contributed by atoms with E-state index < -0.39 is 0 Å². The summed E-state index contributed by atoms with van der Waals surface area (Å²) in [6.07, 6.45) is 7.48. The number of hydrogen-bond acceptors (Lipinski definition) is 7. The summed E-state index contributed by atoms with van der Waals surface area (Å²) in [5.41, 5.74) is 4.35. The molecule has 1 saturated heterocycles. The normalized spacial score (nSPS) is 13.8. The van der Waals surface area contributed by atoms with Gasteiger partial charge in [-0.2, -0.15) is 0 Å². The van der Waals surface area contributed by atoms with E-state index in [0.717, 1.165) is 54.4 Å².